The first kappa shape index (κ1) is 29.8. The van der Waals surface area contributed by atoms with Crippen molar-refractivity contribution in [2.24, 2.45) is 5.73 Å². The zero-order chi connectivity index (χ0) is 26.5. The van der Waals surface area contributed by atoms with Crippen LogP contribution in [-0.4, -0.2) is 102 Å². The molecule has 0 radical (unpaired) electrons. The minimum Gasteiger partial charge on any atom is -0.481 e. The van der Waals surface area contributed by atoms with Crippen LogP contribution in [-0.2, 0) is 28.8 Å². The van der Waals surface area contributed by atoms with Gasteiger partial charge in [-0.25, -0.2) is 0 Å². The Morgan fingerprint density at radius 1 is 1.00 bits per heavy atom. The molecule has 0 bridgehead atoms. The van der Waals surface area contributed by atoms with Gasteiger partial charge in [-0.2, -0.15) is 0 Å². The van der Waals surface area contributed by atoms with Crippen LogP contribution in [0.5, 0.6) is 0 Å². The number of nitrogens with zero attached hydrogens (tertiary/aromatic N) is 1. The van der Waals surface area contributed by atoms with Crippen molar-refractivity contribution < 1.29 is 39.0 Å². The molecule has 5 amide bonds. The number of carboxylic acid groups (broad SMARTS) is 1. The number of carbonyl (C=O) groups excluding carboxylic acids is 5. The number of aliphatic hydroxyl groups excluding tert-OH is 1. The van der Waals surface area contributed by atoms with Crippen LogP contribution in [0.2, 0.25) is 0 Å². The monoisotopic (exact) mass is 500 g/mol. The fourth-order valence-corrected chi connectivity index (χ4v) is 3.79. The second kappa shape index (κ2) is 14.9. The molecule has 0 aromatic carbocycles. The van der Waals surface area contributed by atoms with Crippen LogP contribution in [0.15, 0.2) is 0 Å². The summed E-state index contributed by atoms with van der Waals surface area (Å²) in [5.41, 5.74) is 5.53. The number of likely N-dealkylation sites (tertiary alicyclic amines) is 1. The molecule has 1 rings (SSSR count). The number of likely N-dealkylation sites (N-methyl/N-ethyl adjacent to an activating group) is 1. The molecule has 1 fully saturated rings. The fraction of sp³-hybridized carbons (Fsp3) is 0.714. The van der Waals surface area contributed by atoms with Gasteiger partial charge in [0.25, 0.3) is 0 Å². The summed E-state index contributed by atoms with van der Waals surface area (Å²) in [6, 6.07) is -4.73. The Morgan fingerprint density at radius 2 is 1.63 bits per heavy atom. The molecular weight excluding hydrogens is 464 g/mol. The lowest BCUT2D eigenvalue weighted by Gasteiger charge is -2.29. The van der Waals surface area contributed by atoms with Crippen LogP contribution in [0, 0.1) is 0 Å². The first-order chi connectivity index (χ1) is 16.5. The van der Waals surface area contributed by atoms with E-state index >= 15 is 0 Å². The van der Waals surface area contributed by atoms with Crippen LogP contribution < -0.4 is 27.0 Å². The Labute approximate surface area is 203 Å². The lowest BCUT2D eigenvalue weighted by atomic mass is 10.1. The maximum Gasteiger partial charge on any atom is 0.305 e. The Kier molecular flexibility index (Phi) is 12.7. The summed E-state index contributed by atoms with van der Waals surface area (Å²) in [6.07, 6.45) is 1.52. The van der Waals surface area contributed by atoms with Gasteiger partial charge in [-0.05, 0) is 38.6 Å². The molecule has 0 unspecified atom stereocenters. The van der Waals surface area contributed by atoms with Crippen molar-refractivity contribution in [3.63, 3.8) is 0 Å². The molecular formula is C21H36N6O8. The second-order valence-electron chi connectivity index (χ2n) is 8.24. The van der Waals surface area contributed by atoms with E-state index in [4.69, 9.17) is 5.73 Å². The van der Waals surface area contributed by atoms with Crippen molar-refractivity contribution in [1.29, 1.82) is 0 Å². The van der Waals surface area contributed by atoms with Gasteiger partial charge in [0.15, 0.2) is 0 Å². The molecule has 8 N–H and O–H groups in total. The summed E-state index contributed by atoms with van der Waals surface area (Å²) < 4.78 is 0. The van der Waals surface area contributed by atoms with Crippen molar-refractivity contribution in [3.05, 3.63) is 0 Å². The SMILES string of the molecule is CNC(=O)[C@@H]1CCCN1C(=O)[C@H](CCCCN)NC(=O)[C@H](CC(=O)O)NC(=O)[C@H](CO)NC(C)=O. The number of carbonyl (C=O) groups is 6. The minimum absolute atomic E-state index is 0.192. The van der Waals surface area contributed by atoms with E-state index in [0.29, 0.717) is 38.8 Å². The van der Waals surface area contributed by atoms with E-state index < -0.39 is 66.8 Å². The Morgan fingerprint density at radius 3 is 2.17 bits per heavy atom. The normalized spacial score (nSPS) is 17.6. The van der Waals surface area contributed by atoms with Crippen LogP contribution in [0.3, 0.4) is 0 Å². The third-order valence-electron chi connectivity index (χ3n) is 5.53. The van der Waals surface area contributed by atoms with Gasteiger partial charge in [0.2, 0.25) is 29.5 Å². The van der Waals surface area contributed by atoms with E-state index in [-0.39, 0.29) is 12.3 Å². The molecule has 0 aromatic heterocycles. The van der Waals surface area contributed by atoms with Gasteiger partial charge in [0, 0.05) is 20.5 Å². The molecule has 14 nitrogen and oxygen atoms in total. The number of nitrogens with two attached hydrogens (primary N) is 1. The summed E-state index contributed by atoms with van der Waals surface area (Å²) in [5, 5.41) is 28.0. The van der Waals surface area contributed by atoms with Crippen molar-refractivity contribution in [3.8, 4) is 0 Å². The largest absolute Gasteiger partial charge is 0.481 e. The lowest BCUT2D eigenvalue weighted by molar-refractivity contribution is -0.143. The summed E-state index contributed by atoms with van der Waals surface area (Å²) in [7, 11) is 1.46. The van der Waals surface area contributed by atoms with Gasteiger partial charge in [0.05, 0.1) is 13.0 Å². The molecule has 1 saturated heterocycles. The number of nitrogens with one attached hydrogen (secondary N) is 4. The number of rotatable bonds is 14. The maximum absolute atomic E-state index is 13.3. The lowest BCUT2D eigenvalue weighted by Crippen LogP contribution is -2.58. The Hall–Kier alpha value is -3.26. The molecule has 1 aliphatic rings. The highest BCUT2D eigenvalue weighted by Crippen LogP contribution is 2.20. The number of aliphatic carboxylic acids is 1. The van der Waals surface area contributed by atoms with Crippen molar-refractivity contribution in [2.45, 2.75) is 69.6 Å². The molecule has 14 heteroatoms. The molecule has 1 aliphatic heterocycles. The molecule has 0 saturated carbocycles. The highest BCUT2D eigenvalue weighted by Gasteiger charge is 2.38. The molecule has 35 heavy (non-hydrogen) atoms. The maximum atomic E-state index is 13.3. The van der Waals surface area contributed by atoms with Crippen molar-refractivity contribution >= 4 is 35.5 Å². The van der Waals surface area contributed by atoms with Crippen LogP contribution in [0.1, 0.15) is 45.4 Å². The van der Waals surface area contributed by atoms with Gasteiger partial charge in [-0.15, -0.1) is 0 Å². The van der Waals surface area contributed by atoms with Gasteiger partial charge in [-0.3, -0.25) is 28.8 Å². The number of hydrogen-bond acceptors (Lipinski definition) is 8. The predicted octanol–water partition coefficient (Wildman–Crippen LogP) is -3.21. The fourth-order valence-electron chi connectivity index (χ4n) is 3.79. The molecule has 198 valence electrons. The zero-order valence-electron chi connectivity index (χ0n) is 20.0. The van der Waals surface area contributed by atoms with Gasteiger partial charge >= 0.3 is 5.97 Å². The van der Waals surface area contributed by atoms with Gasteiger partial charge in [-0.1, -0.05) is 0 Å². The summed E-state index contributed by atoms with van der Waals surface area (Å²) in [6.45, 7) is 1.04. The van der Waals surface area contributed by atoms with E-state index in [1.807, 2.05) is 0 Å². The predicted molar refractivity (Wildman–Crippen MR) is 123 cm³/mol. The van der Waals surface area contributed by atoms with Crippen molar-refractivity contribution in [1.82, 2.24) is 26.2 Å². The molecule has 0 aliphatic carbocycles. The van der Waals surface area contributed by atoms with Gasteiger partial charge in [0.1, 0.15) is 24.2 Å². The van der Waals surface area contributed by atoms with Crippen LogP contribution >= 0.6 is 0 Å². The first-order valence-corrected chi connectivity index (χ1v) is 11.5. The number of aliphatic hydroxyl groups is 1. The molecule has 0 spiro atoms. The van der Waals surface area contributed by atoms with E-state index in [1.165, 1.54) is 11.9 Å². The van der Waals surface area contributed by atoms with E-state index in [2.05, 4.69) is 21.3 Å². The zero-order valence-corrected chi connectivity index (χ0v) is 20.0. The number of amides is 5. The summed E-state index contributed by atoms with van der Waals surface area (Å²) >= 11 is 0. The van der Waals surface area contributed by atoms with Gasteiger partial charge < -0.3 is 42.1 Å². The van der Waals surface area contributed by atoms with E-state index in [9.17, 15) is 39.0 Å². The molecule has 4 atom stereocenters. The summed E-state index contributed by atoms with van der Waals surface area (Å²) in [5.74, 6) is -4.72. The molecule has 1 heterocycles. The number of hydrogen-bond donors (Lipinski definition) is 7. The third kappa shape index (κ3) is 9.48. The molecule has 0 aromatic rings. The van der Waals surface area contributed by atoms with Crippen LogP contribution in [0.4, 0.5) is 0 Å². The summed E-state index contributed by atoms with van der Waals surface area (Å²) in [4.78, 5) is 74.7. The highest BCUT2D eigenvalue weighted by atomic mass is 16.4. The highest BCUT2D eigenvalue weighted by molar-refractivity contribution is 5.96. The van der Waals surface area contributed by atoms with Crippen LogP contribution in [0.25, 0.3) is 0 Å². The average molecular weight is 501 g/mol. The third-order valence-corrected chi connectivity index (χ3v) is 5.53. The van der Waals surface area contributed by atoms with E-state index in [1.54, 1.807) is 0 Å². The quantitative estimate of drug-likeness (QED) is 0.119. The minimum atomic E-state index is -1.58. The average Bonchev–Trinajstić information content (AvgIpc) is 3.29. The second-order valence-corrected chi connectivity index (χ2v) is 8.24. The Balaban J connectivity index is 3.06. The van der Waals surface area contributed by atoms with E-state index in [0.717, 1.165) is 6.92 Å². The van der Waals surface area contributed by atoms with Crippen molar-refractivity contribution in [2.75, 3.05) is 26.7 Å². The first-order valence-electron chi connectivity index (χ1n) is 11.5. The number of carboxylic acids is 1. The standard InChI is InChI=1S/C21H36N6O8/c1-12(29)24-15(11-28)19(33)26-14(10-17(30)31)18(32)25-13(6-3-4-8-22)21(35)27-9-5-7-16(27)20(34)23-2/h13-16,28H,3-11,22H2,1-2H3,(H,23,34)(H,24,29)(H,25,32)(H,26,33)(H,30,31)/t13-,14-,15-,16-/m0/s1. The number of unbranched alkanes of at least 4 members (excludes halogenated alkanes) is 1. The topological polar surface area (TPSA) is 220 Å². The smallest absolute Gasteiger partial charge is 0.305 e. The Bertz CT molecular complexity index is 792.